The topological polar surface area (TPSA) is 21.7 Å². The lowest BCUT2D eigenvalue weighted by molar-refractivity contribution is -0.0986. The van der Waals surface area contributed by atoms with Gasteiger partial charge in [-0.25, -0.2) is 0 Å². The summed E-state index contributed by atoms with van der Waals surface area (Å²) in [5, 5.41) is 2.25. The van der Waals surface area contributed by atoms with Crippen molar-refractivity contribution in [3.05, 3.63) is 21.9 Å². The largest absolute Gasteiger partial charge is 0.378 e. The number of likely N-dealkylation sites (tertiary alicyclic amines) is 1. The van der Waals surface area contributed by atoms with Crippen LogP contribution in [0.1, 0.15) is 43.0 Å². The highest BCUT2D eigenvalue weighted by molar-refractivity contribution is 7.10. The van der Waals surface area contributed by atoms with Gasteiger partial charge in [0.25, 0.3) is 0 Å². The average Bonchev–Trinajstić information content (AvgIpc) is 3.00. The van der Waals surface area contributed by atoms with Crippen LogP contribution in [-0.2, 0) is 21.5 Å². The molecule has 0 saturated carbocycles. The average molecular weight is 321 g/mol. The van der Waals surface area contributed by atoms with E-state index in [0.29, 0.717) is 6.10 Å². The fourth-order valence-electron chi connectivity index (χ4n) is 4.44. The van der Waals surface area contributed by atoms with E-state index in [4.69, 9.17) is 9.47 Å². The summed E-state index contributed by atoms with van der Waals surface area (Å²) in [6.45, 7) is 7.69. The second-order valence-corrected chi connectivity index (χ2v) is 8.16. The number of nitrogens with zero attached hydrogens (tertiary/aromatic N) is 1. The monoisotopic (exact) mass is 321 g/mol. The third-order valence-electron chi connectivity index (χ3n) is 5.68. The molecule has 0 aromatic carbocycles. The first-order chi connectivity index (χ1) is 10.8. The van der Waals surface area contributed by atoms with Gasteiger partial charge in [0.15, 0.2) is 0 Å². The number of piperidine rings is 1. The van der Waals surface area contributed by atoms with E-state index < -0.39 is 0 Å². The summed E-state index contributed by atoms with van der Waals surface area (Å²) in [6, 6.07) is 2.31. The highest BCUT2D eigenvalue weighted by atomic mass is 32.1. The molecule has 1 aromatic rings. The summed E-state index contributed by atoms with van der Waals surface area (Å²) in [5.41, 5.74) is 1.59. The van der Waals surface area contributed by atoms with Gasteiger partial charge in [0.2, 0.25) is 0 Å². The molecule has 3 nitrogen and oxygen atoms in total. The normalized spacial score (nSPS) is 32.0. The molecule has 122 valence electrons. The molecule has 4 rings (SSSR count). The second kappa shape index (κ2) is 6.23. The zero-order valence-electron chi connectivity index (χ0n) is 13.6. The third kappa shape index (κ3) is 2.86. The fourth-order valence-corrected chi connectivity index (χ4v) is 5.61. The maximum atomic E-state index is 6.31. The number of rotatable bonds is 2. The predicted octanol–water partition coefficient (Wildman–Crippen LogP) is 3.43. The Bertz CT molecular complexity index is 507. The molecule has 22 heavy (non-hydrogen) atoms. The molecule has 3 aliphatic heterocycles. The van der Waals surface area contributed by atoms with E-state index in [1.54, 1.807) is 5.56 Å². The molecule has 3 aliphatic rings. The Kier molecular flexibility index (Phi) is 4.29. The van der Waals surface area contributed by atoms with E-state index in [0.717, 1.165) is 25.6 Å². The van der Waals surface area contributed by atoms with Crippen LogP contribution in [0, 0.1) is 5.92 Å². The van der Waals surface area contributed by atoms with Gasteiger partial charge < -0.3 is 14.4 Å². The van der Waals surface area contributed by atoms with Crippen LogP contribution >= 0.6 is 11.3 Å². The molecule has 0 N–H and O–H groups in total. The summed E-state index contributed by atoms with van der Waals surface area (Å²) in [4.78, 5) is 4.19. The Labute approximate surface area is 137 Å². The zero-order chi connectivity index (χ0) is 15.0. The van der Waals surface area contributed by atoms with Crippen LogP contribution in [0.5, 0.6) is 0 Å². The minimum absolute atomic E-state index is 0.0429. The maximum absolute atomic E-state index is 6.31. The van der Waals surface area contributed by atoms with Crippen molar-refractivity contribution in [2.75, 3.05) is 32.8 Å². The van der Waals surface area contributed by atoms with Crippen molar-refractivity contribution in [3.63, 3.8) is 0 Å². The van der Waals surface area contributed by atoms with Crippen molar-refractivity contribution in [1.82, 2.24) is 4.90 Å². The Morgan fingerprint density at radius 1 is 1.32 bits per heavy atom. The van der Waals surface area contributed by atoms with Gasteiger partial charge in [-0.15, -0.1) is 11.3 Å². The summed E-state index contributed by atoms with van der Waals surface area (Å²) < 4.78 is 12.0. The molecule has 4 heteroatoms. The number of hydrogen-bond donors (Lipinski definition) is 0. The SMILES string of the molecule is CC1CC(CN2CCC3(CC2)OCCc2ccsc23)CCO1. The van der Waals surface area contributed by atoms with Crippen molar-refractivity contribution in [1.29, 1.82) is 0 Å². The fraction of sp³-hybridized carbons (Fsp3) is 0.778. The smallest absolute Gasteiger partial charge is 0.105 e. The molecular weight excluding hydrogens is 294 g/mol. The highest BCUT2D eigenvalue weighted by Crippen LogP contribution is 2.44. The lowest BCUT2D eigenvalue weighted by Gasteiger charge is -2.44. The van der Waals surface area contributed by atoms with Crippen molar-refractivity contribution < 1.29 is 9.47 Å². The van der Waals surface area contributed by atoms with Crippen LogP contribution in [-0.4, -0.2) is 43.9 Å². The van der Waals surface area contributed by atoms with Crippen LogP contribution in [0.15, 0.2) is 11.4 Å². The lowest BCUT2D eigenvalue weighted by atomic mass is 9.84. The Morgan fingerprint density at radius 3 is 3.00 bits per heavy atom. The Balaban J connectivity index is 1.37. The molecule has 0 amide bonds. The molecule has 2 fully saturated rings. The van der Waals surface area contributed by atoms with Gasteiger partial charge in [-0.3, -0.25) is 0 Å². The van der Waals surface area contributed by atoms with Crippen molar-refractivity contribution in [2.24, 2.45) is 5.92 Å². The van der Waals surface area contributed by atoms with Gasteiger partial charge in [0.05, 0.1) is 12.7 Å². The van der Waals surface area contributed by atoms with Gasteiger partial charge >= 0.3 is 0 Å². The quantitative estimate of drug-likeness (QED) is 0.833. The van der Waals surface area contributed by atoms with Crippen molar-refractivity contribution in [2.45, 2.75) is 50.7 Å². The summed E-state index contributed by atoms with van der Waals surface area (Å²) in [7, 11) is 0. The van der Waals surface area contributed by atoms with Crippen LogP contribution < -0.4 is 0 Å². The van der Waals surface area contributed by atoms with Crippen LogP contribution in [0.25, 0.3) is 0 Å². The van der Waals surface area contributed by atoms with Gasteiger partial charge in [-0.1, -0.05) is 0 Å². The minimum Gasteiger partial charge on any atom is -0.378 e. The highest BCUT2D eigenvalue weighted by Gasteiger charge is 2.42. The van der Waals surface area contributed by atoms with Crippen LogP contribution in [0.4, 0.5) is 0 Å². The number of hydrogen-bond acceptors (Lipinski definition) is 4. The molecule has 2 unspecified atom stereocenters. The number of thiophene rings is 1. The van der Waals surface area contributed by atoms with E-state index in [1.807, 2.05) is 11.3 Å². The van der Waals surface area contributed by atoms with Gasteiger partial charge in [0.1, 0.15) is 5.60 Å². The molecular formula is C18H27NO2S. The molecule has 0 bridgehead atoms. The minimum atomic E-state index is 0.0429. The van der Waals surface area contributed by atoms with E-state index in [9.17, 15) is 0 Å². The number of ether oxygens (including phenoxy) is 2. The molecule has 2 saturated heterocycles. The van der Waals surface area contributed by atoms with Crippen LogP contribution in [0.2, 0.25) is 0 Å². The molecule has 4 heterocycles. The molecule has 2 atom stereocenters. The Hall–Kier alpha value is -0.420. The second-order valence-electron chi connectivity index (χ2n) is 7.24. The van der Waals surface area contributed by atoms with E-state index >= 15 is 0 Å². The summed E-state index contributed by atoms with van der Waals surface area (Å²) in [6.07, 6.45) is 6.35. The summed E-state index contributed by atoms with van der Waals surface area (Å²) >= 11 is 1.91. The lowest BCUT2D eigenvalue weighted by Crippen LogP contribution is -2.47. The van der Waals surface area contributed by atoms with E-state index in [2.05, 4.69) is 23.3 Å². The Morgan fingerprint density at radius 2 is 2.18 bits per heavy atom. The zero-order valence-corrected chi connectivity index (χ0v) is 14.4. The van der Waals surface area contributed by atoms with E-state index in [1.165, 1.54) is 50.2 Å². The van der Waals surface area contributed by atoms with Crippen LogP contribution in [0.3, 0.4) is 0 Å². The molecule has 1 aromatic heterocycles. The standard InChI is InChI=1S/C18H27NO2S/c1-14-12-15(2-9-20-14)13-19-7-5-18(6-8-19)17-16(3-10-21-18)4-11-22-17/h4,11,14-15H,2-3,5-10,12-13H2,1H3. The third-order valence-corrected chi connectivity index (χ3v) is 6.83. The predicted molar refractivity (Wildman–Crippen MR) is 89.5 cm³/mol. The first kappa shape index (κ1) is 15.1. The molecule has 0 radical (unpaired) electrons. The van der Waals surface area contributed by atoms with Crippen molar-refractivity contribution in [3.8, 4) is 0 Å². The van der Waals surface area contributed by atoms with Gasteiger partial charge in [-0.05, 0) is 62.0 Å². The van der Waals surface area contributed by atoms with Gasteiger partial charge in [-0.2, -0.15) is 0 Å². The maximum Gasteiger partial charge on any atom is 0.105 e. The molecule has 1 spiro atoms. The number of fused-ring (bicyclic) bond motifs is 2. The first-order valence-electron chi connectivity index (χ1n) is 8.80. The first-order valence-corrected chi connectivity index (χ1v) is 9.68. The van der Waals surface area contributed by atoms with Crippen molar-refractivity contribution >= 4 is 11.3 Å². The van der Waals surface area contributed by atoms with Gasteiger partial charge in [0, 0.05) is 31.1 Å². The molecule has 0 aliphatic carbocycles. The van der Waals surface area contributed by atoms with E-state index in [-0.39, 0.29) is 5.60 Å². The summed E-state index contributed by atoms with van der Waals surface area (Å²) in [5.74, 6) is 0.822.